The summed E-state index contributed by atoms with van der Waals surface area (Å²) in [5.74, 6) is 1.87. The summed E-state index contributed by atoms with van der Waals surface area (Å²) in [6, 6.07) is 4.28. The van der Waals surface area contributed by atoms with Crippen LogP contribution in [0.4, 0.5) is 0 Å². The number of hydrogen-bond acceptors (Lipinski definition) is 4. The Morgan fingerprint density at radius 2 is 2.04 bits per heavy atom. The Kier molecular flexibility index (Phi) is 6.91. The minimum Gasteiger partial charge on any atom is -0.378 e. The number of ether oxygens (including phenoxy) is 1. The molecule has 2 fully saturated rings. The topological polar surface area (TPSA) is 57.2 Å². The van der Waals surface area contributed by atoms with Crippen LogP contribution in [0.25, 0.3) is 0 Å². The maximum Gasteiger partial charge on any atom is 0.225 e. The second kappa shape index (κ2) is 9.37. The van der Waals surface area contributed by atoms with Crippen LogP contribution in [0.3, 0.4) is 0 Å². The molecule has 1 amide bonds. The van der Waals surface area contributed by atoms with Crippen molar-refractivity contribution in [2.75, 3.05) is 53.0 Å². The minimum absolute atomic E-state index is 0.146. The van der Waals surface area contributed by atoms with Gasteiger partial charge in [0, 0.05) is 56.5 Å². The van der Waals surface area contributed by atoms with E-state index in [1.807, 2.05) is 11.9 Å². The van der Waals surface area contributed by atoms with Crippen molar-refractivity contribution in [3.8, 4) is 0 Å². The van der Waals surface area contributed by atoms with Gasteiger partial charge in [-0.3, -0.25) is 9.79 Å². The summed E-state index contributed by atoms with van der Waals surface area (Å²) in [5.41, 5.74) is 0. The van der Waals surface area contributed by atoms with E-state index in [-0.39, 0.29) is 5.92 Å². The quantitative estimate of drug-likeness (QED) is 0.643. The number of guanidine groups is 1. The van der Waals surface area contributed by atoms with Gasteiger partial charge in [-0.15, -0.1) is 11.3 Å². The number of amides is 1. The lowest BCUT2D eigenvalue weighted by molar-refractivity contribution is -0.140. The zero-order valence-electron chi connectivity index (χ0n) is 15.8. The summed E-state index contributed by atoms with van der Waals surface area (Å²) in [6.45, 7) is 7.69. The number of hydrogen-bond donors (Lipinski definition) is 1. The minimum atomic E-state index is 0.146. The molecule has 3 rings (SSSR count). The molecule has 7 heteroatoms. The van der Waals surface area contributed by atoms with Gasteiger partial charge in [-0.25, -0.2) is 0 Å². The van der Waals surface area contributed by atoms with Gasteiger partial charge >= 0.3 is 0 Å². The molecule has 1 aromatic rings. The molecule has 3 heterocycles. The van der Waals surface area contributed by atoms with E-state index in [2.05, 4.69) is 39.6 Å². The third-order valence-corrected chi connectivity index (χ3v) is 6.38. The molecule has 2 aliphatic heterocycles. The Balaban J connectivity index is 1.45. The van der Waals surface area contributed by atoms with Crippen molar-refractivity contribution in [1.82, 2.24) is 15.1 Å². The maximum absolute atomic E-state index is 12.7. The number of piperidine rings is 1. The van der Waals surface area contributed by atoms with Crippen molar-refractivity contribution in [3.63, 3.8) is 0 Å². The van der Waals surface area contributed by atoms with Crippen molar-refractivity contribution in [2.24, 2.45) is 10.9 Å². The van der Waals surface area contributed by atoms with Gasteiger partial charge in [0.05, 0.1) is 13.2 Å². The van der Waals surface area contributed by atoms with Crippen LogP contribution in [0.1, 0.15) is 30.6 Å². The smallest absolute Gasteiger partial charge is 0.225 e. The highest BCUT2D eigenvalue weighted by molar-refractivity contribution is 7.10. The van der Waals surface area contributed by atoms with Crippen molar-refractivity contribution >= 4 is 23.2 Å². The van der Waals surface area contributed by atoms with Gasteiger partial charge < -0.3 is 19.9 Å². The van der Waals surface area contributed by atoms with Crippen LogP contribution >= 0.6 is 11.3 Å². The number of likely N-dealkylation sites (tertiary alicyclic amines) is 1. The van der Waals surface area contributed by atoms with Gasteiger partial charge in [-0.1, -0.05) is 13.0 Å². The molecule has 6 nitrogen and oxygen atoms in total. The third kappa shape index (κ3) is 4.76. The summed E-state index contributed by atoms with van der Waals surface area (Å²) in [7, 11) is 1.84. The molecule has 26 heavy (non-hydrogen) atoms. The Morgan fingerprint density at radius 1 is 1.31 bits per heavy atom. The zero-order chi connectivity index (χ0) is 18.4. The molecule has 144 valence electrons. The van der Waals surface area contributed by atoms with Crippen molar-refractivity contribution in [1.29, 1.82) is 0 Å². The molecule has 0 bridgehead atoms. The fourth-order valence-electron chi connectivity index (χ4n) is 3.63. The lowest BCUT2D eigenvalue weighted by Gasteiger charge is -2.37. The first kappa shape index (κ1) is 19.2. The highest BCUT2D eigenvalue weighted by atomic mass is 32.1. The number of nitrogens with zero attached hydrogens (tertiary/aromatic N) is 3. The molecule has 1 aromatic heterocycles. The van der Waals surface area contributed by atoms with Crippen LogP contribution in [0.15, 0.2) is 22.5 Å². The summed E-state index contributed by atoms with van der Waals surface area (Å²) in [5, 5.41) is 5.63. The Labute approximate surface area is 160 Å². The average molecular weight is 379 g/mol. The third-order valence-electron chi connectivity index (χ3n) is 5.27. The standard InChI is InChI=1S/C19H30N4O2S/c1-15(17-4-3-13-26-17)14-21-19(20-2)23-7-5-16(6-8-23)18(24)22-9-11-25-12-10-22/h3-4,13,15-16H,5-12,14H2,1-2H3,(H,20,21). The van der Waals surface area contributed by atoms with Gasteiger partial charge in [0.1, 0.15) is 0 Å². The number of nitrogens with one attached hydrogen (secondary N) is 1. The second-order valence-corrected chi connectivity index (χ2v) is 8.02. The molecule has 0 aliphatic carbocycles. The predicted molar refractivity (Wildman–Crippen MR) is 106 cm³/mol. The molecule has 1 atom stereocenters. The van der Waals surface area contributed by atoms with Crippen molar-refractivity contribution in [2.45, 2.75) is 25.7 Å². The number of aliphatic imine (C=N–C) groups is 1. The Hall–Kier alpha value is -1.60. The number of carbonyl (C=O) groups is 1. The van der Waals surface area contributed by atoms with Gasteiger partial charge in [0.15, 0.2) is 5.96 Å². The van der Waals surface area contributed by atoms with E-state index >= 15 is 0 Å². The van der Waals surface area contributed by atoms with Crippen molar-refractivity contribution in [3.05, 3.63) is 22.4 Å². The summed E-state index contributed by atoms with van der Waals surface area (Å²) in [6.07, 6.45) is 1.80. The van der Waals surface area contributed by atoms with Gasteiger partial charge in [0.25, 0.3) is 0 Å². The van der Waals surface area contributed by atoms with Crippen molar-refractivity contribution < 1.29 is 9.53 Å². The van der Waals surface area contributed by atoms with E-state index in [9.17, 15) is 4.79 Å². The molecule has 2 aliphatic rings. The highest BCUT2D eigenvalue weighted by Crippen LogP contribution is 2.22. The fourth-order valence-corrected chi connectivity index (χ4v) is 4.42. The number of carbonyl (C=O) groups excluding carboxylic acids is 1. The summed E-state index contributed by atoms with van der Waals surface area (Å²) >= 11 is 1.80. The van der Waals surface area contributed by atoms with E-state index in [1.54, 1.807) is 11.3 Å². The first-order valence-electron chi connectivity index (χ1n) is 9.54. The second-order valence-electron chi connectivity index (χ2n) is 7.04. The zero-order valence-corrected chi connectivity index (χ0v) is 16.6. The highest BCUT2D eigenvalue weighted by Gasteiger charge is 2.30. The lowest BCUT2D eigenvalue weighted by Crippen LogP contribution is -2.50. The molecule has 0 saturated carbocycles. The monoisotopic (exact) mass is 378 g/mol. The van der Waals surface area contributed by atoms with Gasteiger partial charge in [-0.2, -0.15) is 0 Å². The van der Waals surface area contributed by atoms with E-state index in [0.717, 1.165) is 51.5 Å². The van der Waals surface area contributed by atoms with E-state index in [1.165, 1.54) is 4.88 Å². The number of morpholine rings is 1. The van der Waals surface area contributed by atoms with Crippen LogP contribution in [0.5, 0.6) is 0 Å². The lowest BCUT2D eigenvalue weighted by atomic mass is 9.95. The molecule has 0 spiro atoms. The van der Waals surface area contributed by atoms with Crippen LogP contribution in [0.2, 0.25) is 0 Å². The molecule has 0 radical (unpaired) electrons. The fraction of sp³-hybridized carbons (Fsp3) is 0.684. The van der Waals surface area contributed by atoms with E-state index in [4.69, 9.17) is 4.74 Å². The first-order chi connectivity index (χ1) is 12.7. The van der Waals surface area contributed by atoms with Crippen LogP contribution in [-0.4, -0.2) is 74.7 Å². The predicted octanol–water partition coefficient (Wildman–Crippen LogP) is 2.00. The summed E-state index contributed by atoms with van der Waals surface area (Å²) < 4.78 is 5.35. The largest absolute Gasteiger partial charge is 0.378 e. The first-order valence-corrected chi connectivity index (χ1v) is 10.4. The molecule has 1 unspecified atom stereocenters. The molecular formula is C19H30N4O2S. The Morgan fingerprint density at radius 3 is 2.65 bits per heavy atom. The van der Waals surface area contributed by atoms with Crippen LogP contribution in [-0.2, 0) is 9.53 Å². The average Bonchev–Trinajstić information content (AvgIpc) is 3.24. The van der Waals surface area contributed by atoms with Crippen LogP contribution in [0, 0.1) is 5.92 Å². The SMILES string of the molecule is CN=C(NCC(C)c1cccs1)N1CCC(C(=O)N2CCOCC2)CC1. The normalized spacial score (nSPS) is 20.9. The van der Waals surface area contributed by atoms with Crippen LogP contribution < -0.4 is 5.32 Å². The molecule has 0 aromatic carbocycles. The van der Waals surface area contributed by atoms with Gasteiger partial charge in [0.2, 0.25) is 5.91 Å². The Bertz CT molecular complexity index is 591. The number of rotatable bonds is 4. The molecular weight excluding hydrogens is 348 g/mol. The van der Waals surface area contributed by atoms with E-state index in [0.29, 0.717) is 25.0 Å². The molecule has 2 saturated heterocycles. The van der Waals surface area contributed by atoms with E-state index < -0.39 is 0 Å². The van der Waals surface area contributed by atoms with Gasteiger partial charge in [-0.05, 0) is 24.3 Å². The number of thiophene rings is 1. The molecule has 1 N–H and O–H groups in total. The maximum atomic E-state index is 12.7. The summed E-state index contributed by atoms with van der Waals surface area (Å²) in [4.78, 5) is 22.7.